The third kappa shape index (κ3) is 2.90. The molecule has 1 heterocycles. The van der Waals surface area contributed by atoms with Gasteiger partial charge in [-0.25, -0.2) is 0 Å². The van der Waals surface area contributed by atoms with Crippen LogP contribution in [-0.2, 0) is 0 Å². The van der Waals surface area contributed by atoms with Crippen molar-refractivity contribution in [3.63, 3.8) is 0 Å². The Morgan fingerprint density at radius 3 is 2.52 bits per heavy atom. The number of aliphatic imine (C=N–C) groups is 1. The van der Waals surface area contributed by atoms with Crippen LogP contribution in [-0.4, -0.2) is 11.9 Å². The summed E-state index contributed by atoms with van der Waals surface area (Å²) in [5.74, 6) is 0.485. The van der Waals surface area contributed by atoms with Gasteiger partial charge in [0.25, 0.3) is 5.91 Å². The number of benzene rings is 2. The van der Waals surface area contributed by atoms with E-state index in [9.17, 15) is 4.79 Å². The highest BCUT2D eigenvalue weighted by atomic mass is 35.5. The molecule has 0 saturated heterocycles. The van der Waals surface area contributed by atoms with Crippen molar-refractivity contribution in [2.75, 3.05) is 5.32 Å². The van der Waals surface area contributed by atoms with Crippen LogP contribution in [0.4, 0.5) is 11.4 Å². The molecule has 0 bridgehead atoms. The predicted octanol–water partition coefficient (Wildman–Crippen LogP) is 2.37. The van der Waals surface area contributed by atoms with Gasteiger partial charge in [-0.1, -0.05) is 12.1 Å². The lowest BCUT2D eigenvalue weighted by Gasteiger charge is -2.21. The minimum atomic E-state index is -0.504. The molecule has 6 nitrogen and oxygen atoms in total. The molecule has 21 heavy (non-hydrogen) atoms. The van der Waals surface area contributed by atoms with E-state index in [0.717, 1.165) is 11.4 Å². The molecule has 2 aromatic rings. The van der Waals surface area contributed by atoms with Crippen LogP contribution in [0.15, 0.2) is 47.5 Å². The quantitative estimate of drug-likeness (QED) is 0.473. The molecular weight excluding hydrogens is 292 g/mol. The first-order valence-corrected chi connectivity index (χ1v) is 5.95. The molecule has 0 fully saturated rings. The van der Waals surface area contributed by atoms with E-state index >= 15 is 0 Å². The molecule has 1 aliphatic heterocycles. The van der Waals surface area contributed by atoms with Gasteiger partial charge in [0.05, 0.1) is 11.4 Å². The number of anilines is 2. The zero-order valence-corrected chi connectivity index (χ0v) is 11.7. The summed E-state index contributed by atoms with van der Waals surface area (Å²) in [5, 5.41) is 3.23. The maximum atomic E-state index is 11.8. The van der Waals surface area contributed by atoms with Gasteiger partial charge in [-0.15, -0.1) is 12.4 Å². The van der Waals surface area contributed by atoms with E-state index in [2.05, 4.69) is 10.3 Å². The Morgan fingerprint density at radius 1 is 1.05 bits per heavy atom. The second-order valence-electron chi connectivity index (χ2n) is 4.28. The molecule has 3 rings (SSSR count). The molecule has 7 heteroatoms. The minimum absolute atomic E-state index is 0. The number of nitrogens with two attached hydrogens (primary N) is 2. The number of rotatable bonds is 1. The molecule has 5 N–H and O–H groups in total. The fraction of sp³-hybridized carbons (Fsp3) is 0. The summed E-state index contributed by atoms with van der Waals surface area (Å²) in [6, 6.07) is 12.5. The van der Waals surface area contributed by atoms with E-state index in [0.29, 0.717) is 17.1 Å². The largest absolute Gasteiger partial charge is 0.453 e. The van der Waals surface area contributed by atoms with Crippen LogP contribution in [0.1, 0.15) is 10.4 Å². The summed E-state index contributed by atoms with van der Waals surface area (Å²) < 4.78 is 5.75. The molecule has 0 spiro atoms. The third-order valence-electron chi connectivity index (χ3n) is 2.84. The highest BCUT2D eigenvalue weighted by Gasteiger charge is 2.17. The Bertz CT molecular complexity index is 727. The fourth-order valence-electron chi connectivity index (χ4n) is 1.95. The van der Waals surface area contributed by atoms with E-state index in [1.807, 2.05) is 24.3 Å². The van der Waals surface area contributed by atoms with E-state index < -0.39 is 5.91 Å². The predicted molar refractivity (Wildman–Crippen MR) is 83.6 cm³/mol. The molecular formula is C14H13ClN4O2. The highest BCUT2D eigenvalue weighted by Crippen LogP contribution is 2.41. The number of ether oxygens (including phenoxy) is 1. The van der Waals surface area contributed by atoms with Gasteiger partial charge in [-0.05, 0) is 30.3 Å². The van der Waals surface area contributed by atoms with Crippen LogP contribution in [0, 0.1) is 0 Å². The smallest absolute Gasteiger partial charge is 0.280 e. The van der Waals surface area contributed by atoms with Crippen molar-refractivity contribution in [2.45, 2.75) is 0 Å². The Morgan fingerprint density at radius 2 is 1.76 bits per heavy atom. The van der Waals surface area contributed by atoms with Gasteiger partial charge in [0.2, 0.25) is 0 Å². The molecule has 0 saturated carbocycles. The lowest BCUT2D eigenvalue weighted by molar-refractivity contribution is 0.100. The molecule has 0 aromatic heterocycles. The zero-order valence-electron chi connectivity index (χ0n) is 10.9. The lowest BCUT2D eigenvalue weighted by Crippen LogP contribution is -2.24. The van der Waals surface area contributed by atoms with Gasteiger partial charge in [-0.3, -0.25) is 4.79 Å². The molecule has 0 radical (unpaired) electrons. The van der Waals surface area contributed by atoms with Gasteiger partial charge in [-0.2, -0.15) is 4.99 Å². The first-order valence-electron chi connectivity index (χ1n) is 5.95. The van der Waals surface area contributed by atoms with Gasteiger partial charge < -0.3 is 21.5 Å². The average molecular weight is 305 g/mol. The molecule has 0 atom stereocenters. The molecule has 1 amide bonds. The number of carbonyl (C=O) groups is 1. The lowest BCUT2D eigenvalue weighted by atomic mass is 10.1. The number of fused-ring (bicyclic) bond motifs is 2. The molecule has 0 unspecified atom stereocenters. The Kier molecular flexibility index (Phi) is 4.00. The highest BCUT2D eigenvalue weighted by molar-refractivity contribution is 6.02. The standard InChI is InChI=1S/C14H12N4O2.ClH/c15-14(16)18-13(19)8-5-6-10-12(7-8)20-11-4-2-1-3-9(11)17-10;/h1-7,17H,(H4,15,16,18,19);1H. The van der Waals surface area contributed by atoms with Crippen molar-refractivity contribution in [1.29, 1.82) is 0 Å². The Balaban J connectivity index is 0.00000161. The van der Waals surface area contributed by atoms with Crippen molar-refractivity contribution < 1.29 is 9.53 Å². The minimum Gasteiger partial charge on any atom is -0.453 e. The Labute approximate surface area is 127 Å². The number of carbonyl (C=O) groups excluding carboxylic acids is 1. The number of nitrogens with zero attached hydrogens (tertiary/aromatic N) is 1. The second kappa shape index (κ2) is 5.72. The summed E-state index contributed by atoms with van der Waals surface area (Å²) in [5.41, 5.74) is 12.4. The van der Waals surface area contributed by atoms with Crippen LogP contribution in [0.5, 0.6) is 11.5 Å². The normalized spacial score (nSPS) is 10.9. The van der Waals surface area contributed by atoms with Crippen LogP contribution >= 0.6 is 12.4 Å². The van der Waals surface area contributed by atoms with Crippen molar-refractivity contribution in [3.05, 3.63) is 48.0 Å². The summed E-state index contributed by atoms with van der Waals surface area (Å²) in [6.07, 6.45) is 0. The van der Waals surface area contributed by atoms with Gasteiger partial charge in [0.15, 0.2) is 17.5 Å². The molecule has 2 aromatic carbocycles. The van der Waals surface area contributed by atoms with Gasteiger partial charge in [0, 0.05) is 5.56 Å². The number of hydrogen-bond acceptors (Lipinski definition) is 3. The number of nitrogens with one attached hydrogen (secondary N) is 1. The van der Waals surface area contributed by atoms with Gasteiger partial charge >= 0.3 is 0 Å². The fourth-order valence-corrected chi connectivity index (χ4v) is 1.95. The molecule has 1 aliphatic rings. The Hall–Kier alpha value is -2.73. The molecule has 108 valence electrons. The summed E-state index contributed by atoms with van der Waals surface area (Å²) in [6.45, 7) is 0. The van der Waals surface area contributed by atoms with E-state index in [-0.39, 0.29) is 18.4 Å². The first kappa shape index (κ1) is 14.7. The van der Waals surface area contributed by atoms with E-state index in [4.69, 9.17) is 16.2 Å². The van der Waals surface area contributed by atoms with Crippen molar-refractivity contribution >= 4 is 35.6 Å². The second-order valence-corrected chi connectivity index (χ2v) is 4.28. The SMILES string of the molecule is Cl.NC(N)=NC(=O)c1ccc2c(c1)Oc1ccccc1N2. The van der Waals surface area contributed by atoms with Crippen LogP contribution in [0.2, 0.25) is 0 Å². The first-order chi connectivity index (χ1) is 9.63. The van der Waals surface area contributed by atoms with Gasteiger partial charge in [0.1, 0.15) is 0 Å². The zero-order chi connectivity index (χ0) is 14.1. The van der Waals surface area contributed by atoms with Crippen LogP contribution < -0.4 is 21.5 Å². The van der Waals surface area contributed by atoms with E-state index in [1.165, 1.54) is 0 Å². The number of para-hydroxylation sites is 2. The molecule has 0 aliphatic carbocycles. The number of amides is 1. The number of hydrogen-bond donors (Lipinski definition) is 3. The van der Waals surface area contributed by atoms with Crippen LogP contribution in [0.3, 0.4) is 0 Å². The summed E-state index contributed by atoms with van der Waals surface area (Å²) in [4.78, 5) is 15.3. The summed E-state index contributed by atoms with van der Waals surface area (Å²) in [7, 11) is 0. The summed E-state index contributed by atoms with van der Waals surface area (Å²) >= 11 is 0. The van der Waals surface area contributed by atoms with Crippen molar-refractivity contribution in [3.8, 4) is 11.5 Å². The monoisotopic (exact) mass is 304 g/mol. The maximum absolute atomic E-state index is 11.8. The van der Waals surface area contributed by atoms with Crippen LogP contribution in [0.25, 0.3) is 0 Å². The maximum Gasteiger partial charge on any atom is 0.280 e. The van der Waals surface area contributed by atoms with Crippen molar-refractivity contribution in [1.82, 2.24) is 0 Å². The number of halogens is 1. The third-order valence-corrected chi connectivity index (χ3v) is 2.84. The van der Waals surface area contributed by atoms with E-state index in [1.54, 1.807) is 18.2 Å². The van der Waals surface area contributed by atoms with Crippen molar-refractivity contribution in [2.24, 2.45) is 16.5 Å². The average Bonchev–Trinajstić information content (AvgIpc) is 2.43. The number of guanidine groups is 1. The topological polar surface area (TPSA) is 103 Å².